The number of aromatic nitrogens is 1. The topological polar surface area (TPSA) is 38.9 Å². The molecule has 1 aromatic rings. The predicted molar refractivity (Wildman–Crippen MR) is 72.2 cm³/mol. The highest BCUT2D eigenvalue weighted by atomic mass is 32.1. The normalized spacial score (nSPS) is 25.6. The Kier molecular flexibility index (Phi) is 3.22. The molecule has 0 aliphatic heterocycles. The third kappa shape index (κ3) is 2.41. The predicted octanol–water partition coefficient (Wildman–Crippen LogP) is 3.46. The van der Waals surface area contributed by atoms with Crippen molar-refractivity contribution < 1.29 is 0 Å². The molecule has 0 saturated heterocycles. The van der Waals surface area contributed by atoms with Crippen LogP contribution in [0.25, 0.3) is 0 Å². The van der Waals surface area contributed by atoms with E-state index in [4.69, 9.17) is 10.7 Å². The van der Waals surface area contributed by atoms with E-state index in [-0.39, 0.29) is 6.04 Å². The van der Waals surface area contributed by atoms with E-state index >= 15 is 0 Å². The molecule has 0 spiro atoms. The third-order valence-electron chi connectivity index (χ3n) is 4.17. The Balaban J connectivity index is 1.74. The summed E-state index contributed by atoms with van der Waals surface area (Å²) in [6, 6.07) is 0.232. The third-order valence-corrected chi connectivity index (χ3v) is 5.39. The van der Waals surface area contributed by atoms with Gasteiger partial charge in [0, 0.05) is 4.88 Å². The molecule has 3 heteroatoms. The van der Waals surface area contributed by atoms with Crippen molar-refractivity contribution in [2.45, 2.75) is 57.9 Å². The molecule has 17 heavy (non-hydrogen) atoms. The Bertz CT molecular complexity index is 395. The Morgan fingerprint density at radius 2 is 2.24 bits per heavy atom. The molecule has 0 radical (unpaired) electrons. The fourth-order valence-corrected chi connectivity index (χ4v) is 4.24. The first kappa shape index (κ1) is 11.7. The van der Waals surface area contributed by atoms with Crippen LogP contribution in [-0.2, 0) is 12.8 Å². The lowest BCUT2D eigenvalue weighted by atomic mass is 9.88. The van der Waals surface area contributed by atoms with Crippen LogP contribution in [0.4, 0.5) is 0 Å². The van der Waals surface area contributed by atoms with Gasteiger partial charge in [-0.15, -0.1) is 11.3 Å². The van der Waals surface area contributed by atoms with Gasteiger partial charge in [0.1, 0.15) is 5.01 Å². The summed E-state index contributed by atoms with van der Waals surface area (Å²) in [7, 11) is 0. The van der Waals surface area contributed by atoms with Crippen molar-refractivity contribution in [1.29, 1.82) is 0 Å². The highest BCUT2D eigenvalue weighted by Crippen LogP contribution is 2.42. The molecule has 1 aromatic heterocycles. The smallest absolute Gasteiger partial charge is 0.110 e. The van der Waals surface area contributed by atoms with Crippen LogP contribution in [0.2, 0.25) is 0 Å². The van der Waals surface area contributed by atoms with Crippen molar-refractivity contribution in [1.82, 2.24) is 4.98 Å². The zero-order chi connectivity index (χ0) is 11.8. The highest BCUT2D eigenvalue weighted by molar-refractivity contribution is 7.11. The molecule has 2 aliphatic carbocycles. The van der Waals surface area contributed by atoms with Crippen molar-refractivity contribution >= 4 is 11.3 Å². The van der Waals surface area contributed by atoms with Crippen LogP contribution < -0.4 is 5.73 Å². The number of nitrogens with two attached hydrogens (primary N) is 1. The van der Waals surface area contributed by atoms with Gasteiger partial charge in [-0.3, -0.25) is 0 Å². The SMILES string of the molecule is CCCC1CCc2nc(C(N)C3CC3)sc2C1. The zero-order valence-electron chi connectivity index (χ0n) is 10.6. The van der Waals surface area contributed by atoms with E-state index in [0.29, 0.717) is 0 Å². The molecule has 3 rings (SSSR count). The maximum absolute atomic E-state index is 6.25. The lowest BCUT2D eigenvalue weighted by Gasteiger charge is -2.20. The van der Waals surface area contributed by atoms with E-state index in [2.05, 4.69) is 6.92 Å². The molecule has 2 N–H and O–H groups in total. The fourth-order valence-electron chi connectivity index (χ4n) is 2.92. The number of fused-ring (bicyclic) bond motifs is 1. The van der Waals surface area contributed by atoms with Gasteiger partial charge in [-0.25, -0.2) is 4.98 Å². The average Bonchev–Trinajstić information content (AvgIpc) is 3.08. The minimum atomic E-state index is 0.232. The summed E-state index contributed by atoms with van der Waals surface area (Å²) in [4.78, 5) is 6.34. The molecule has 1 saturated carbocycles. The maximum atomic E-state index is 6.25. The lowest BCUT2D eigenvalue weighted by Crippen LogP contribution is -2.13. The molecule has 2 aliphatic rings. The van der Waals surface area contributed by atoms with Gasteiger partial charge in [0.2, 0.25) is 0 Å². The quantitative estimate of drug-likeness (QED) is 0.889. The molecule has 0 aromatic carbocycles. The van der Waals surface area contributed by atoms with Gasteiger partial charge in [-0.05, 0) is 43.9 Å². The van der Waals surface area contributed by atoms with E-state index in [0.717, 1.165) is 11.8 Å². The lowest BCUT2D eigenvalue weighted by molar-refractivity contribution is 0.423. The van der Waals surface area contributed by atoms with Crippen LogP contribution in [0.3, 0.4) is 0 Å². The average molecular weight is 250 g/mol. The summed E-state index contributed by atoms with van der Waals surface area (Å²) < 4.78 is 0. The van der Waals surface area contributed by atoms with Gasteiger partial charge < -0.3 is 5.73 Å². The van der Waals surface area contributed by atoms with Crippen molar-refractivity contribution in [3.63, 3.8) is 0 Å². The van der Waals surface area contributed by atoms with Crippen LogP contribution in [0.1, 0.15) is 60.6 Å². The first-order valence-electron chi connectivity index (χ1n) is 7.02. The molecular formula is C14H22N2S. The molecule has 2 unspecified atom stereocenters. The molecule has 2 nitrogen and oxygen atoms in total. The monoisotopic (exact) mass is 250 g/mol. The van der Waals surface area contributed by atoms with E-state index in [9.17, 15) is 0 Å². The van der Waals surface area contributed by atoms with Crippen molar-refractivity contribution in [2.75, 3.05) is 0 Å². The van der Waals surface area contributed by atoms with Crippen LogP contribution in [-0.4, -0.2) is 4.98 Å². The molecule has 1 fully saturated rings. The van der Waals surface area contributed by atoms with Gasteiger partial charge >= 0.3 is 0 Å². The highest BCUT2D eigenvalue weighted by Gasteiger charge is 2.33. The molecule has 0 bridgehead atoms. The summed E-state index contributed by atoms with van der Waals surface area (Å²) >= 11 is 1.91. The number of hydrogen-bond acceptors (Lipinski definition) is 3. The molecule has 2 atom stereocenters. The standard InChI is InChI=1S/C14H22N2S/c1-2-3-9-4-7-11-12(8-9)17-14(16-11)13(15)10-5-6-10/h9-10,13H,2-8,15H2,1H3. The Morgan fingerprint density at radius 3 is 2.94 bits per heavy atom. The minimum absolute atomic E-state index is 0.232. The van der Waals surface area contributed by atoms with Gasteiger partial charge in [0.05, 0.1) is 11.7 Å². The molecule has 0 amide bonds. The van der Waals surface area contributed by atoms with Gasteiger partial charge in [0.15, 0.2) is 0 Å². The minimum Gasteiger partial charge on any atom is -0.322 e. The first-order valence-corrected chi connectivity index (χ1v) is 7.83. The fraction of sp³-hybridized carbons (Fsp3) is 0.786. The van der Waals surface area contributed by atoms with Crippen LogP contribution >= 0.6 is 11.3 Å². The summed E-state index contributed by atoms with van der Waals surface area (Å²) in [6.07, 6.45) is 9.09. The van der Waals surface area contributed by atoms with E-state index in [1.54, 1.807) is 4.88 Å². The maximum Gasteiger partial charge on any atom is 0.110 e. The van der Waals surface area contributed by atoms with Gasteiger partial charge in [-0.1, -0.05) is 19.8 Å². The van der Waals surface area contributed by atoms with Crippen LogP contribution in [0, 0.1) is 11.8 Å². The number of rotatable bonds is 4. The number of aryl methyl sites for hydroxylation is 1. The number of nitrogens with zero attached hydrogens (tertiary/aromatic N) is 1. The Labute approximate surface area is 108 Å². The van der Waals surface area contributed by atoms with Crippen LogP contribution in [0.5, 0.6) is 0 Å². The zero-order valence-corrected chi connectivity index (χ0v) is 11.4. The second-order valence-electron chi connectivity index (χ2n) is 5.68. The van der Waals surface area contributed by atoms with Gasteiger partial charge in [0.25, 0.3) is 0 Å². The van der Waals surface area contributed by atoms with Crippen molar-refractivity contribution in [2.24, 2.45) is 17.6 Å². The van der Waals surface area contributed by atoms with Gasteiger partial charge in [-0.2, -0.15) is 0 Å². The van der Waals surface area contributed by atoms with Crippen molar-refractivity contribution in [3.8, 4) is 0 Å². The van der Waals surface area contributed by atoms with E-state index < -0.39 is 0 Å². The second kappa shape index (κ2) is 4.69. The summed E-state index contributed by atoms with van der Waals surface area (Å²) in [6.45, 7) is 2.29. The van der Waals surface area contributed by atoms with E-state index in [1.165, 1.54) is 55.6 Å². The Hall–Kier alpha value is -0.410. The summed E-state index contributed by atoms with van der Waals surface area (Å²) in [5, 5.41) is 1.22. The summed E-state index contributed by atoms with van der Waals surface area (Å²) in [5.41, 5.74) is 7.62. The molecule has 1 heterocycles. The summed E-state index contributed by atoms with van der Waals surface area (Å²) in [5.74, 6) is 1.63. The Morgan fingerprint density at radius 1 is 1.41 bits per heavy atom. The number of hydrogen-bond donors (Lipinski definition) is 1. The second-order valence-corrected chi connectivity index (χ2v) is 6.80. The van der Waals surface area contributed by atoms with Crippen LogP contribution in [0.15, 0.2) is 0 Å². The molecular weight excluding hydrogens is 228 g/mol. The largest absolute Gasteiger partial charge is 0.322 e. The molecule has 94 valence electrons. The first-order chi connectivity index (χ1) is 8.28. The van der Waals surface area contributed by atoms with Crippen molar-refractivity contribution in [3.05, 3.63) is 15.6 Å². The van der Waals surface area contributed by atoms with E-state index in [1.807, 2.05) is 11.3 Å². The number of thiazole rings is 1.